The second-order valence-electron chi connectivity index (χ2n) is 7.40. The van der Waals surface area contributed by atoms with Gasteiger partial charge >= 0.3 is 0 Å². The Labute approximate surface area is 136 Å². The highest BCUT2D eigenvalue weighted by Crippen LogP contribution is 2.28. The summed E-state index contributed by atoms with van der Waals surface area (Å²) in [6.45, 7) is 15.6. The molecule has 1 aliphatic heterocycles. The van der Waals surface area contributed by atoms with E-state index in [1.54, 1.807) is 0 Å². The Balaban J connectivity index is 2.03. The lowest BCUT2D eigenvalue weighted by molar-refractivity contribution is 0.165. The maximum atomic E-state index is 5.66. The van der Waals surface area contributed by atoms with Crippen LogP contribution in [-0.4, -0.2) is 37.2 Å². The summed E-state index contributed by atoms with van der Waals surface area (Å²) in [4.78, 5) is 2.64. The minimum atomic E-state index is 0.562. The number of nitrogens with zero attached hydrogens (tertiary/aromatic N) is 1. The van der Waals surface area contributed by atoms with Gasteiger partial charge in [-0.2, -0.15) is 0 Å². The molecule has 1 aliphatic rings. The van der Waals surface area contributed by atoms with Gasteiger partial charge in [0.2, 0.25) is 0 Å². The molecule has 0 bridgehead atoms. The quantitative estimate of drug-likeness (QED) is 0.823. The molecule has 2 rings (SSSR count). The van der Waals surface area contributed by atoms with Gasteiger partial charge in [0.25, 0.3) is 0 Å². The lowest BCUT2D eigenvalue weighted by atomic mass is 10.0. The summed E-state index contributed by atoms with van der Waals surface area (Å²) < 4.78 is 5.66. The number of hydrogen-bond acceptors (Lipinski definition) is 3. The molecule has 0 fully saturated rings. The maximum Gasteiger partial charge on any atom is 0.142 e. The number of anilines is 1. The van der Waals surface area contributed by atoms with Crippen LogP contribution in [0.15, 0.2) is 18.2 Å². The predicted molar refractivity (Wildman–Crippen MR) is 94.8 cm³/mol. The molecular formula is C19H32N2O. The number of ether oxygens (including phenoxy) is 1. The second kappa shape index (κ2) is 7.87. The van der Waals surface area contributed by atoms with E-state index in [1.165, 1.54) is 18.7 Å². The van der Waals surface area contributed by atoms with Gasteiger partial charge in [-0.05, 0) is 42.9 Å². The van der Waals surface area contributed by atoms with Crippen LogP contribution in [0.2, 0.25) is 0 Å². The molecule has 0 aromatic heterocycles. The van der Waals surface area contributed by atoms with Crippen LogP contribution in [0.3, 0.4) is 0 Å². The predicted octanol–water partition coefficient (Wildman–Crippen LogP) is 4.04. The third-order valence-electron chi connectivity index (χ3n) is 4.07. The summed E-state index contributed by atoms with van der Waals surface area (Å²) >= 11 is 0. The van der Waals surface area contributed by atoms with Gasteiger partial charge in [-0.3, -0.25) is 4.90 Å². The Bertz CT molecular complexity index is 461. The van der Waals surface area contributed by atoms with Gasteiger partial charge in [-0.25, -0.2) is 0 Å². The van der Waals surface area contributed by atoms with Gasteiger partial charge in [0.1, 0.15) is 12.4 Å². The lowest BCUT2D eigenvalue weighted by Gasteiger charge is -2.32. The molecule has 0 spiro atoms. The largest absolute Gasteiger partial charge is 0.490 e. The fraction of sp³-hybridized carbons (Fsp3) is 0.684. The van der Waals surface area contributed by atoms with Crippen LogP contribution < -0.4 is 10.1 Å². The van der Waals surface area contributed by atoms with E-state index in [0.29, 0.717) is 17.9 Å². The van der Waals surface area contributed by atoms with Gasteiger partial charge in [-0.1, -0.05) is 33.8 Å². The fourth-order valence-corrected chi connectivity index (χ4v) is 3.16. The molecule has 124 valence electrons. The number of benzene rings is 1. The Morgan fingerprint density at radius 2 is 1.77 bits per heavy atom. The standard InChI is InChI=1S/C19H32N2O/c1-14(2)12-21(13-15(3)4)16(5)10-17-6-7-19-18(11-17)20-8-9-22-19/h6-7,11,14-16,20H,8-10,12-13H2,1-5H3. The maximum absolute atomic E-state index is 5.66. The molecule has 1 aromatic carbocycles. The van der Waals surface area contributed by atoms with Crippen molar-refractivity contribution in [3.8, 4) is 5.75 Å². The topological polar surface area (TPSA) is 24.5 Å². The number of hydrogen-bond donors (Lipinski definition) is 1. The molecule has 1 aromatic rings. The van der Waals surface area contributed by atoms with Crippen LogP contribution in [0.5, 0.6) is 5.75 Å². The first-order valence-corrected chi connectivity index (χ1v) is 8.69. The summed E-state index contributed by atoms with van der Waals surface area (Å²) in [6, 6.07) is 7.14. The first-order chi connectivity index (χ1) is 10.5. The van der Waals surface area contributed by atoms with Crippen molar-refractivity contribution < 1.29 is 4.74 Å². The van der Waals surface area contributed by atoms with Crippen molar-refractivity contribution in [2.45, 2.75) is 47.1 Å². The molecule has 0 radical (unpaired) electrons. The molecular weight excluding hydrogens is 272 g/mol. The van der Waals surface area contributed by atoms with Crippen LogP contribution in [0.25, 0.3) is 0 Å². The third kappa shape index (κ3) is 4.91. The normalized spacial score (nSPS) is 15.6. The fourth-order valence-electron chi connectivity index (χ4n) is 3.16. The van der Waals surface area contributed by atoms with Gasteiger partial charge in [0.05, 0.1) is 5.69 Å². The van der Waals surface area contributed by atoms with Crippen LogP contribution in [0, 0.1) is 11.8 Å². The van der Waals surface area contributed by atoms with Gasteiger partial charge in [0.15, 0.2) is 0 Å². The first-order valence-electron chi connectivity index (χ1n) is 8.69. The van der Waals surface area contributed by atoms with Gasteiger partial charge in [0, 0.05) is 25.7 Å². The third-order valence-corrected chi connectivity index (χ3v) is 4.07. The molecule has 0 saturated carbocycles. The molecule has 3 nitrogen and oxygen atoms in total. The Morgan fingerprint density at radius 1 is 1.09 bits per heavy atom. The minimum Gasteiger partial charge on any atom is -0.490 e. The minimum absolute atomic E-state index is 0.562. The van der Waals surface area contributed by atoms with Gasteiger partial charge in [-0.15, -0.1) is 0 Å². The van der Waals surface area contributed by atoms with Crippen LogP contribution in [0.1, 0.15) is 40.2 Å². The van der Waals surface area contributed by atoms with E-state index in [2.05, 4.69) is 63.0 Å². The highest BCUT2D eigenvalue weighted by atomic mass is 16.5. The molecule has 22 heavy (non-hydrogen) atoms. The van der Waals surface area contributed by atoms with Crippen molar-refractivity contribution in [1.29, 1.82) is 0 Å². The van der Waals surface area contributed by atoms with E-state index in [4.69, 9.17) is 4.74 Å². The number of fused-ring (bicyclic) bond motifs is 1. The zero-order valence-electron chi connectivity index (χ0n) is 14.9. The molecule has 1 N–H and O–H groups in total. The van der Waals surface area contributed by atoms with Crippen molar-refractivity contribution in [1.82, 2.24) is 4.90 Å². The van der Waals surface area contributed by atoms with Crippen molar-refractivity contribution in [2.75, 3.05) is 31.6 Å². The molecule has 1 atom stereocenters. The molecule has 1 heterocycles. The van der Waals surface area contributed by atoms with E-state index in [1.807, 2.05) is 0 Å². The molecule has 0 saturated heterocycles. The summed E-state index contributed by atoms with van der Waals surface area (Å²) in [5.41, 5.74) is 2.54. The molecule has 3 heteroatoms. The van der Waals surface area contributed by atoms with E-state index >= 15 is 0 Å². The smallest absolute Gasteiger partial charge is 0.142 e. The first kappa shape index (κ1) is 17.1. The second-order valence-corrected chi connectivity index (χ2v) is 7.40. The Kier molecular flexibility index (Phi) is 6.13. The van der Waals surface area contributed by atoms with Crippen molar-refractivity contribution >= 4 is 5.69 Å². The number of rotatable bonds is 7. The van der Waals surface area contributed by atoms with E-state index in [-0.39, 0.29) is 0 Å². The van der Waals surface area contributed by atoms with Crippen LogP contribution in [-0.2, 0) is 6.42 Å². The summed E-state index contributed by atoms with van der Waals surface area (Å²) in [7, 11) is 0. The van der Waals surface area contributed by atoms with Crippen molar-refractivity contribution in [3.63, 3.8) is 0 Å². The highest BCUT2D eigenvalue weighted by Gasteiger charge is 2.18. The van der Waals surface area contributed by atoms with Crippen molar-refractivity contribution in [3.05, 3.63) is 23.8 Å². The van der Waals surface area contributed by atoms with E-state index in [9.17, 15) is 0 Å². The van der Waals surface area contributed by atoms with Gasteiger partial charge < -0.3 is 10.1 Å². The molecule has 0 amide bonds. The average Bonchev–Trinajstić information content (AvgIpc) is 2.45. The van der Waals surface area contributed by atoms with Crippen LogP contribution >= 0.6 is 0 Å². The summed E-state index contributed by atoms with van der Waals surface area (Å²) in [5.74, 6) is 2.41. The monoisotopic (exact) mass is 304 g/mol. The summed E-state index contributed by atoms with van der Waals surface area (Å²) in [5, 5.41) is 3.43. The zero-order chi connectivity index (χ0) is 16.1. The van der Waals surface area contributed by atoms with E-state index < -0.39 is 0 Å². The highest BCUT2D eigenvalue weighted by molar-refractivity contribution is 5.59. The van der Waals surface area contributed by atoms with E-state index in [0.717, 1.165) is 31.0 Å². The lowest BCUT2D eigenvalue weighted by Crippen LogP contribution is -2.39. The number of nitrogens with one attached hydrogen (secondary N) is 1. The Hall–Kier alpha value is -1.22. The summed E-state index contributed by atoms with van der Waals surface area (Å²) in [6.07, 6.45) is 1.09. The average molecular weight is 304 g/mol. The molecule has 1 unspecified atom stereocenters. The zero-order valence-corrected chi connectivity index (χ0v) is 14.9. The van der Waals surface area contributed by atoms with Crippen LogP contribution in [0.4, 0.5) is 5.69 Å². The SMILES string of the molecule is CC(C)CN(CC(C)C)C(C)Cc1ccc2c(c1)NCCO2. The van der Waals surface area contributed by atoms with Crippen molar-refractivity contribution in [2.24, 2.45) is 11.8 Å². The molecule has 0 aliphatic carbocycles. The Morgan fingerprint density at radius 3 is 2.41 bits per heavy atom.